The van der Waals surface area contributed by atoms with Gasteiger partial charge >= 0.3 is 5.17 Å². The summed E-state index contributed by atoms with van der Waals surface area (Å²) in [5.74, 6) is 0.162. The zero-order chi connectivity index (χ0) is 21.6. The fourth-order valence-corrected chi connectivity index (χ4v) is 5.07. The first-order valence-corrected chi connectivity index (χ1v) is 11.3. The Morgan fingerprint density at radius 3 is 2.77 bits per heavy atom. The SMILES string of the molecule is COc1cccc(-n2c(C)cc(/C=C3/C(=N)N4C(=NC3=O)SN=C4[S+](C)[O-])c2C)c1. The molecular weight excluding hydrogens is 422 g/mol. The zero-order valence-electron chi connectivity index (χ0n) is 16.8. The van der Waals surface area contributed by atoms with Gasteiger partial charge in [-0.05, 0) is 43.7 Å². The number of ether oxygens (including phenoxy) is 1. The summed E-state index contributed by atoms with van der Waals surface area (Å²) in [4.78, 5) is 18.0. The van der Waals surface area contributed by atoms with Crippen LogP contribution in [-0.2, 0) is 16.0 Å². The molecule has 1 aromatic carbocycles. The fraction of sp³-hybridized carbons (Fsp3) is 0.200. The average Bonchev–Trinajstić information content (AvgIpc) is 3.26. The first-order chi connectivity index (χ1) is 14.3. The zero-order valence-corrected chi connectivity index (χ0v) is 18.4. The highest BCUT2D eigenvalue weighted by Crippen LogP contribution is 2.31. The molecule has 10 heteroatoms. The summed E-state index contributed by atoms with van der Waals surface area (Å²) in [6, 6.07) is 9.65. The minimum absolute atomic E-state index is 0.0740. The number of amides is 1. The van der Waals surface area contributed by atoms with Gasteiger partial charge < -0.3 is 13.9 Å². The van der Waals surface area contributed by atoms with Crippen LogP contribution in [0.3, 0.4) is 0 Å². The van der Waals surface area contributed by atoms with Crippen LogP contribution in [0.15, 0.2) is 45.3 Å². The van der Waals surface area contributed by atoms with E-state index >= 15 is 0 Å². The Balaban J connectivity index is 1.76. The van der Waals surface area contributed by atoms with Crippen LogP contribution in [0.25, 0.3) is 11.8 Å². The summed E-state index contributed by atoms with van der Waals surface area (Å²) < 4.78 is 23.4. The number of hydrogen-bond acceptors (Lipinski definition) is 6. The maximum absolute atomic E-state index is 12.6. The molecule has 2 aromatic rings. The first kappa shape index (κ1) is 20.5. The molecule has 0 bridgehead atoms. The standard InChI is InChI=1S/C20H19N5O3S2/c1-11-8-13(12(2)24(11)14-6-5-7-15(10-14)28-3)9-16-17(21)25-19(22-18(16)26)29-23-20(25)30(4)27/h5-10,21H,1-4H3/b16-9-,21-17?. The number of fused-ring (bicyclic) bond motifs is 1. The van der Waals surface area contributed by atoms with Crippen molar-refractivity contribution in [1.82, 2.24) is 9.47 Å². The van der Waals surface area contributed by atoms with E-state index in [4.69, 9.17) is 10.1 Å². The van der Waals surface area contributed by atoms with E-state index in [1.54, 1.807) is 13.2 Å². The minimum Gasteiger partial charge on any atom is -0.609 e. The lowest BCUT2D eigenvalue weighted by Gasteiger charge is -2.23. The van der Waals surface area contributed by atoms with Crippen LogP contribution in [0.4, 0.5) is 0 Å². The summed E-state index contributed by atoms with van der Waals surface area (Å²) >= 11 is -0.451. The van der Waals surface area contributed by atoms with Gasteiger partial charge in [0.25, 0.3) is 5.91 Å². The third kappa shape index (κ3) is 3.36. The molecule has 1 unspecified atom stereocenters. The number of rotatable bonds is 3. The van der Waals surface area contributed by atoms with Crippen molar-refractivity contribution in [3.05, 3.63) is 52.9 Å². The molecule has 1 amide bonds. The molecule has 0 radical (unpaired) electrons. The van der Waals surface area contributed by atoms with E-state index in [1.165, 1.54) is 11.2 Å². The lowest BCUT2D eigenvalue weighted by Crippen LogP contribution is -2.45. The Morgan fingerprint density at radius 1 is 1.30 bits per heavy atom. The smallest absolute Gasteiger partial charge is 0.338 e. The van der Waals surface area contributed by atoms with Crippen molar-refractivity contribution in [1.29, 1.82) is 5.41 Å². The van der Waals surface area contributed by atoms with Gasteiger partial charge in [0.1, 0.15) is 17.8 Å². The van der Waals surface area contributed by atoms with Crippen LogP contribution in [0.2, 0.25) is 0 Å². The van der Waals surface area contributed by atoms with E-state index in [1.807, 2.05) is 44.2 Å². The van der Waals surface area contributed by atoms with Gasteiger partial charge in [0.2, 0.25) is 5.17 Å². The second kappa shape index (κ2) is 7.78. The Labute approximate surface area is 181 Å². The Hall–Kier alpha value is -2.82. The molecule has 0 saturated carbocycles. The number of aromatic nitrogens is 1. The van der Waals surface area contributed by atoms with Crippen LogP contribution in [0.1, 0.15) is 17.0 Å². The molecule has 1 atom stereocenters. The summed E-state index contributed by atoms with van der Waals surface area (Å²) in [6.45, 7) is 3.92. The van der Waals surface area contributed by atoms with E-state index in [9.17, 15) is 9.35 Å². The number of hydrogen-bond donors (Lipinski definition) is 1. The summed E-state index contributed by atoms with van der Waals surface area (Å²) in [6.07, 6.45) is 3.14. The molecule has 8 nitrogen and oxygen atoms in total. The molecular formula is C20H19N5O3S2. The molecule has 3 heterocycles. The average molecular weight is 442 g/mol. The van der Waals surface area contributed by atoms with Crippen molar-refractivity contribution in [3.63, 3.8) is 0 Å². The van der Waals surface area contributed by atoms with Gasteiger partial charge in [0.15, 0.2) is 0 Å². The van der Waals surface area contributed by atoms with Crippen LogP contribution >= 0.6 is 11.9 Å². The van der Waals surface area contributed by atoms with Gasteiger partial charge in [-0.2, -0.15) is 4.99 Å². The molecule has 0 aliphatic carbocycles. The summed E-state index contributed by atoms with van der Waals surface area (Å²) in [5, 5.41) is 9.00. The van der Waals surface area contributed by atoms with E-state index in [0.29, 0.717) is 0 Å². The van der Waals surface area contributed by atoms with Gasteiger partial charge in [-0.15, -0.1) is 4.40 Å². The lowest BCUT2D eigenvalue weighted by atomic mass is 10.1. The Kier molecular flexibility index (Phi) is 5.31. The van der Waals surface area contributed by atoms with E-state index in [-0.39, 0.29) is 21.7 Å². The Bertz CT molecular complexity index is 1160. The molecule has 0 saturated heterocycles. The normalized spacial score (nSPS) is 18.4. The highest BCUT2D eigenvalue weighted by Gasteiger charge is 2.41. The number of aliphatic imine (C=N–C) groups is 1. The maximum Gasteiger partial charge on any atom is 0.338 e. The van der Waals surface area contributed by atoms with Crippen LogP contribution in [0.5, 0.6) is 5.75 Å². The predicted octanol–water partition coefficient (Wildman–Crippen LogP) is 3.06. The number of nitrogens with one attached hydrogen (secondary N) is 1. The second-order valence-electron chi connectivity index (χ2n) is 6.72. The third-order valence-corrected chi connectivity index (χ3v) is 6.44. The van der Waals surface area contributed by atoms with E-state index in [0.717, 1.165) is 40.3 Å². The van der Waals surface area contributed by atoms with Crippen molar-refractivity contribution in [2.45, 2.75) is 13.8 Å². The van der Waals surface area contributed by atoms with Gasteiger partial charge in [-0.3, -0.25) is 10.2 Å². The van der Waals surface area contributed by atoms with Crippen LogP contribution in [-0.4, -0.2) is 49.5 Å². The topological polar surface area (TPSA) is 106 Å². The number of methoxy groups -OCH3 is 1. The number of carbonyl (C=O) groups is 1. The molecule has 2 aliphatic heterocycles. The number of carbonyl (C=O) groups excluding carboxylic acids is 1. The summed E-state index contributed by atoms with van der Waals surface area (Å²) in [7, 11) is 1.62. The monoisotopic (exact) mass is 441 g/mol. The van der Waals surface area contributed by atoms with Crippen molar-refractivity contribution in [2.24, 2.45) is 9.39 Å². The molecule has 2 aliphatic rings. The fourth-order valence-electron chi connectivity index (χ4n) is 3.42. The molecule has 1 aromatic heterocycles. The van der Waals surface area contributed by atoms with Crippen molar-refractivity contribution < 1.29 is 14.1 Å². The number of nitrogens with zero attached hydrogens (tertiary/aromatic N) is 4. The number of benzene rings is 1. The molecule has 4 rings (SSSR count). The van der Waals surface area contributed by atoms with Crippen LogP contribution < -0.4 is 4.74 Å². The third-order valence-electron chi connectivity index (χ3n) is 4.83. The lowest BCUT2D eigenvalue weighted by molar-refractivity contribution is -0.114. The molecule has 30 heavy (non-hydrogen) atoms. The molecule has 0 spiro atoms. The van der Waals surface area contributed by atoms with Gasteiger partial charge in [-0.25, -0.2) is 4.90 Å². The maximum atomic E-state index is 12.6. The molecule has 1 N–H and O–H groups in total. The van der Waals surface area contributed by atoms with Crippen molar-refractivity contribution >= 4 is 51.3 Å². The first-order valence-electron chi connectivity index (χ1n) is 8.97. The largest absolute Gasteiger partial charge is 0.609 e. The summed E-state index contributed by atoms with van der Waals surface area (Å²) in [5.41, 5.74) is 3.74. The molecule has 154 valence electrons. The minimum atomic E-state index is -1.41. The Morgan fingerprint density at radius 2 is 2.07 bits per heavy atom. The van der Waals surface area contributed by atoms with Gasteiger partial charge in [-0.1, -0.05) is 6.07 Å². The van der Waals surface area contributed by atoms with E-state index < -0.39 is 17.1 Å². The van der Waals surface area contributed by atoms with Gasteiger partial charge in [0, 0.05) is 34.3 Å². The van der Waals surface area contributed by atoms with Crippen molar-refractivity contribution in [2.75, 3.05) is 13.4 Å². The highest BCUT2D eigenvalue weighted by atomic mass is 32.2. The highest BCUT2D eigenvalue weighted by molar-refractivity contribution is 8.16. The van der Waals surface area contributed by atoms with Crippen LogP contribution in [0, 0.1) is 19.3 Å². The van der Waals surface area contributed by atoms with E-state index in [2.05, 4.69) is 14.0 Å². The molecule has 0 fully saturated rings. The quantitative estimate of drug-likeness (QED) is 0.448. The van der Waals surface area contributed by atoms with Gasteiger partial charge in [0.05, 0.1) is 24.6 Å². The number of aryl methyl sites for hydroxylation is 1. The van der Waals surface area contributed by atoms with Crippen molar-refractivity contribution in [3.8, 4) is 11.4 Å². The predicted molar refractivity (Wildman–Crippen MR) is 121 cm³/mol. The number of amidine groups is 3. The second-order valence-corrected chi connectivity index (χ2v) is 8.73.